The Balaban J connectivity index is 1.25. The number of nitrogens with one attached hydrogen (secondary N) is 2. The number of anilines is 1. The van der Waals surface area contributed by atoms with E-state index in [0.717, 1.165) is 38.4 Å². The number of fused-ring (bicyclic) bond motifs is 1. The predicted octanol–water partition coefficient (Wildman–Crippen LogP) is 0.914. The molecule has 2 aromatic rings. The lowest BCUT2D eigenvalue weighted by Gasteiger charge is -2.40. The number of hydrogen-bond acceptors (Lipinski definition) is 5. The molecular formula is C15H20N6. The zero-order valence-corrected chi connectivity index (χ0v) is 12.0. The van der Waals surface area contributed by atoms with E-state index in [9.17, 15) is 0 Å². The van der Waals surface area contributed by atoms with Gasteiger partial charge in [0.25, 0.3) is 0 Å². The van der Waals surface area contributed by atoms with Crippen LogP contribution in [0.25, 0.3) is 0 Å². The molecule has 2 aromatic heterocycles. The summed E-state index contributed by atoms with van der Waals surface area (Å²) in [5.74, 6) is 1.76. The van der Waals surface area contributed by atoms with Crippen molar-refractivity contribution in [2.45, 2.75) is 25.8 Å². The van der Waals surface area contributed by atoms with Gasteiger partial charge in [-0.05, 0) is 30.9 Å². The van der Waals surface area contributed by atoms with Gasteiger partial charge >= 0.3 is 0 Å². The van der Waals surface area contributed by atoms with Gasteiger partial charge in [0.2, 0.25) is 0 Å². The van der Waals surface area contributed by atoms with Gasteiger partial charge in [-0.1, -0.05) is 0 Å². The van der Waals surface area contributed by atoms with E-state index in [1.807, 2.05) is 12.4 Å². The molecule has 0 radical (unpaired) electrons. The smallest absolute Gasteiger partial charge is 0.151 e. The average molecular weight is 284 g/mol. The van der Waals surface area contributed by atoms with Crippen LogP contribution >= 0.6 is 0 Å². The van der Waals surface area contributed by atoms with Gasteiger partial charge in [0.15, 0.2) is 5.82 Å². The first-order valence-corrected chi connectivity index (χ1v) is 7.67. The minimum atomic E-state index is 0.701. The highest BCUT2D eigenvalue weighted by atomic mass is 15.3. The third kappa shape index (κ3) is 2.63. The zero-order chi connectivity index (χ0) is 14.1. The van der Waals surface area contributed by atoms with Crippen molar-refractivity contribution in [3.8, 4) is 0 Å². The molecule has 0 aromatic carbocycles. The summed E-state index contributed by atoms with van der Waals surface area (Å²) >= 11 is 0. The molecule has 21 heavy (non-hydrogen) atoms. The SMILES string of the molecule is c1n[nH]cc1CNCC1CN(c2cc3c(nn2)CCC3)C1. The summed E-state index contributed by atoms with van der Waals surface area (Å²) in [5, 5.41) is 19.0. The van der Waals surface area contributed by atoms with E-state index in [1.165, 1.54) is 29.7 Å². The third-order valence-electron chi connectivity index (χ3n) is 4.41. The van der Waals surface area contributed by atoms with Gasteiger partial charge in [0, 0.05) is 43.9 Å². The van der Waals surface area contributed by atoms with E-state index in [-0.39, 0.29) is 0 Å². The first-order valence-electron chi connectivity index (χ1n) is 7.67. The first kappa shape index (κ1) is 12.8. The summed E-state index contributed by atoms with van der Waals surface area (Å²) in [7, 11) is 0. The Bertz CT molecular complexity index is 603. The molecule has 1 aliphatic carbocycles. The Morgan fingerprint density at radius 3 is 3.10 bits per heavy atom. The van der Waals surface area contributed by atoms with Crippen molar-refractivity contribution in [3.63, 3.8) is 0 Å². The number of hydrogen-bond donors (Lipinski definition) is 2. The molecule has 6 heteroatoms. The second kappa shape index (κ2) is 5.44. The minimum Gasteiger partial charge on any atom is -0.354 e. The number of H-pyrrole nitrogens is 1. The molecule has 0 atom stereocenters. The molecule has 6 nitrogen and oxygen atoms in total. The minimum absolute atomic E-state index is 0.701. The van der Waals surface area contributed by atoms with Gasteiger partial charge in [0.05, 0.1) is 11.9 Å². The lowest BCUT2D eigenvalue weighted by molar-refractivity contribution is 0.381. The highest BCUT2D eigenvalue weighted by Crippen LogP contribution is 2.26. The van der Waals surface area contributed by atoms with Crippen molar-refractivity contribution >= 4 is 5.82 Å². The molecule has 110 valence electrons. The highest BCUT2D eigenvalue weighted by molar-refractivity contribution is 5.45. The highest BCUT2D eigenvalue weighted by Gasteiger charge is 2.28. The molecular weight excluding hydrogens is 264 g/mol. The van der Waals surface area contributed by atoms with Gasteiger partial charge in [-0.2, -0.15) is 10.2 Å². The van der Waals surface area contributed by atoms with Crippen molar-refractivity contribution in [1.82, 2.24) is 25.7 Å². The summed E-state index contributed by atoms with van der Waals surface area (Å²) < 4.78 is 0. The van der Waals surface area contributed by atoms with Gasteiger partial charge in [-0.25, -0.2) is 0 Å². The van der Waals surface area contributed by atoms with Crippen molar-refractivity contribution in [3.05, 3.63) is 35.3 Å². The fraction of sp³-hybridized carbons (Fsp3) is 0.533. The molecule has 0 spiro atoms. The molecule has 1 aliphatic heterocycles. The Kier molecular flexibility index (Phi) is 3.31. The van der Waals surface area contributed by atoms with Crippen molar-refractivity contribution in [2.24, 2.45) is 5.92 Å². The van der Waals surface area contributed by atoms with E-state index in [4.69, 9.17) is 0 Å². The number of nitrogens with zero attached hydrogens (tertiary/aromatic N) is 4. The largest absolute Gasteiger partial charge is 0.354 e. The molecule has 1 fully saturated rings. The Labute approximate surface area is 124 Å². The van der Waals surface area contributed by atoms with E-state index in [0.29, 0.717) is 5.92 Å². The maximum Gasteiger partial charge on any atom is 0.151 e. The van der Waals surface area contributed by atoms with Gasteiger partial charge in [-0.3, -0.25) is 5.10 Å². The summed E-state index contributed by atoms with van der Waals surface area (Å²) in [6.45, 7) is 4.07. The van der Waals surface area contributed by atoms with Crippen LogP contribution in [0.5, 0.6) is 0 Å². The summed E-state index contributed by atoms with van der Waals surface area (Å²) in [5.41, 5.74) is 3.81. The van der Waals surface area contributed by atoms with Crippen LogP contribution < -0.4 is 10.2 Å². The van der Waals surface area contributed by atoms with E-state index in [1.54, 1.807) is 0 Å². The summed E-state index contributed by atoms with van der Waals surface area (Å²) in [4.78, 5) is 2.33. The quantitative estimate of drug-likeness (QED) is 0.854. The molecule has 0 saturated carbocycles. The van der Waals surface area contributed by atoms with Crippen LogP contribution in [0.15, 0.2) is 18.5 Å². The van der Waals surface area contributed by atoms with Crippen LogP contribution in [-0.4, -0.2) is 40.0 Å². The zero-order valence-electron chi connectivity index (χ0n) is 12.0. The molecule has 0 amide bonds. The molecule has 1 saturated heterocycles. The fourth-order valence-corrected chi connectivity index (χ4v) is 3.15. The van der Waals surface area contributed by atoms with E-state index in [2.05, 4.69) is 36.7 Å². The van der Waals surface area contributed by atoms with Crippen molar-refractivity contribution < 1.29 is 0 Å². The third-order valence-corrected chi connectivity index (χ3v) is 4.41. The molecule has 2 N–H and O–H groups in total. The molecule has 4 rings (SSSR count). The van der Waals surface area contributed by atoms with Gasteiger partial charge in [-0.15, -0.1) is 5.10 Å². The van der Waals surface area contributed by atoms with Crippen LogP contribution in [-0.2, 0) is 19.4 Å². The number of rotatable bonds is 5. The first-order chi connectivity index (χ1) is 10.4. The number of aryl methyl sites for hydroxylation is 2. The maximum atomic E-state index is 4.37. The second-order valence-corrected chi connectivity index (χ2v) is 6.04. The van der Waals surface area contributed by atoms with Crippen LogP contribution in [0.1, 0.15) is 23.2 Å². The molecule has 3 heterocycles. The average Bonchev–Trinajstić information content (AvgIpc) is 3.11. The molecule has 2 aliphatic rings. The normalized spacial score (nSPS) is 17.8. The Hall–Kier alpha value is -1.95. The van der Waals surface area contributed by atoms with Crippen LogP contribution in [0.2, 0.25) is 0 Å². The van der Waals surface area contributed by atoms with Gasteiger partial charge < -0.3 is 10.2 Å². The van der Waals surface area contributed by atoms with Crippen LogP contribution in [0.4, 0.5) is 5.82 Å². The van der Waals surface area contributed by atoms with Crippen LogP contribution in [0.3, 0.4) is 0 Å². The van der Waals surface area contributed by atoms with Crippen molar-refractivity contribution in [1.29, 1.82) is 0 Å². The topological polar surface area (TPSA) is 69.7 Å². The predicted molar refractivity (Wildman–Crippen MR) is 80.1 cm³/mol. The summed E-state index contributed by atoms with van der Waals surface area (Å²) in [6.07, 6.45) is 7.29. The monoisotopic (exact) mass is 284 g/mol. The van der Waals surface area contributed by atoms with Crippen molar-refractivity contribution in [2.75, 3.05) is 24.5 Å². The maximum absolute atomic E-state index is 4.37. The van der Waals surface area contributed by atoms with Crippen LogP contribution in [0, 0.1) is 5.92 Å². The van der Waals surface area contributed by atoms with E-state index >= 15 is 0 Å². The lowest BCUT2D eigenvalue weighted by atomic mass is 10.00. The summed E-state index contributed by atoms with van der Waals surface area (Å²) in [6, 6.07) is 2.24. The fourth-order valence-electron chi connectivity index (χ4n) is 3.15. The Morgan fingerprint density at radius 2 is 2.24 bits per heavy atom. The molecule has 0 unspecified atom stereocenters. The standard InChI is InChI=1S/C15H20N6/c1-2-13-4-15(20-19-14(13)3-1)21-9-12(10-21)6-16-5-11-7-17-18-8-11/h4,7-8,12,16H,1-3,5-6,9-10H2,(H,17,18). The molecule has 0 bridgehead atoms. The van der Waals surface area contributed by atoms with Gasteiger partial charge in [0.1, 0.15) is 0 Å². The number of aromatic amines is 1. The second-order valence-electron chi connectivity index (χ2n) is 6.04. The van der Waals surface area contributed by atoms with E-state index < -0.39 is 0 Å². The Morgan fingerprint density at radius 1 is 1.29 bits per heavy atom. The number of aromatic nitrogens is 4. The lowest BCUT2D eigenvalue weighted by Crippen LogP contribution is -2.51.